The SMILES string of the molecule is O=S(=O)(O)Cc1ccc2c(c1)c(-c1ccccc1)nc1cc(-c3cccc(-c4nc5ccccc5c5cc(CS(=O)(=O)O)ccc45)c3)ccc12. The van der Waals surface area contributed by atoms with E-state index in [-0.39, 0.29) is 0 Å². The van der Waals surface area contributed by atoms with Gasteiger partial charge in [-0.3, -0.25) is 9.11 Å². The molecule has 0 aliphatic carbocycles. The van der Waals surface area contributed by atoms with E-state index in [1.807, 2.05) is 103 Å². The second-order valence-corrected chi connectivity index (χ2v) is 15.2. The highest BCUT2D eigenvalue weighted by molar-refractivity contribution is 7.85. The van der Waals surface area contributed by atoms with Gasteiger partial charge in [0, 0.05) is 32.7 Å². The second-order valence-electron chi connectivity index (χ2n) is 12.3. The Labute approximate surface area is 288 Å². The van der Waals surface area contributed by atoms with Crippen LogP contribution in [0.1, 0.15) is 11.1 Å². The highest BCUT2D eigenvalue weighted by atomic mass is 32.2. The van der Waals surface area contributed by atoms with Gasteiger partial charge >= 0.3 is 0 Å². The van der Waals surface area contributed by atoms with Crippen molar-refractivity contribution in [1.82, 2.24) is 9.97 Å². The minimum absolute atomic E-state index is 0.469. The summed E-state index contributed by atoms with van der Waals surface area (Å²) < 4.78 is 65.7. The summed E-state index contributed by atoms with van der Waals surface area (Å²) >= 11 is 0. The molecule has 2 heterocycles. The van der Waals surface area contributed by atoms with Gasteiger partial charge in [0.15, 0.2) is 0 Å². The Balaban J connectivity index is 1.28. The standard InChI is InChI=1S/C40H28N2O6S2/c43-49(44,45)23-25-14-17-34-35(19-25)32-11-4-5-12-37(32)41-40(34)30-10-6-9-28(21-30)29-15-18-33-31-16-13-26(24-50(46,47)48)20-36(31)39(42-38(33)22-29)27-7-2-1-3-8-27/h1-22H,23-24H2,(H,43,44,45)(H,46,47,48). The first-order valence-corrected chi connectivity index (χ1v) is 19.0. The number of benzene rings is 6. The molecule has 0 bridgehead atoms. The van der Waals surface area contributed by atoms with E-state index in [9.17, 15) is 25.9 Å². The van der Waals surface area contributed by atoms with E-state index in [1.165, 1.54) is 0 Å². The zero-order valence-corrected chi connectivity index (χ0v) is 28.0. The van der Waals surface area contributed by atoms with Crippen LogP contribution < -0.4 is 0 Å². The molecule has 0 radical (unpaired) electrons. The van der Waals surface area contributed by atoms with E-state index in [1.54, 1.807) is 24.3 Å². The molecular formula is C40H28N2O6S2. The molecule has 246 valence electrons. The molecule has 8 rings (SSSR count). The van der Waals surface area contributed by atoms with Crippen LogP contribution in [0.5, 0.6) is 0 Å². The third kappa shape index (κ3) is 6.21. The first-order valence-electron chi connectivity index (χ1n) is 15.7. The Bertz CT molecular complexity index is 2880. The van der Waals surface area contributed by atoms with E-state index in [2.05, 4.69) is 6.07 Å². The maximum Gasteiger partial charge on any atom is 0.269 e. The molecule has 0 saturated heterocycles. The van der Waals surface area contributed by atoms with Crippen LogP contribution >= 0.6 is 0 Å². The summed E-state index contributed by atoms with van der Waals surface area (Å²) in [6.07, 6.45) is 0. The molecule has 0 unspecified atom stereocenters. The molecule has 0 atom stereocenters. The Morgan fingerprint density at radius 1 is 0.400 bits per heavy atom. The Morgan fingerprint density at radius 2 is 0.940 bits per heavy atom. The summed E-state index contributed by atoms with van der Waals surface area (Å²) in [6, 6.07) is 42.3. The number of para-hydroxylation sites is 1. The topological polar surface area (TPSA) is 135 Å². The molecule has 8 aromatic rings. The third-order valence-corrected chi connectivity index (χ3v) is 10.2. The lowest BCUT2D eigenvalue weighted by Crippen LogP contribution is -2.01. The molecule has 0 aliphatic rings. The van der Waals surface area contributed by atoms with Crippen LogP contribution in [-0.4, -0.2) is 35.9 Å². The summed E-state index contributed by atoms with van der Waals surface area (Å²) in [5.41, 5.74) is 7.58. The molecule has 0 saturated carbocycles. The summed E-state index contributed by atoms with van der Waals surface area (Å²) in [5.74, 6) is -0.967. The molecule has 2 aromatic heterocycles. The minimum Gasteiger partial charge on any atom is -0.285 e. The van der Waals surface area contributed by atoms with Gasteiger partial charge in [-0.05, 0) is 63.4 Å². The molecule has 0 fully saturated rings. The lowest BCUT2D eigenvalue weighted by Gasteiger charge is -2.14. The van der Waals surface area contributed by atoms with Crippen molar-refractivity contribution in [2.45, 2.75) is 11.5 Å². The fraction of sp³-hybridized carbons (Fsp3) is 0.0500. The van der Waals surface area contributed by atoms with Crippen molar-refractivity contribution < 1.29 is 25.9 Å². The van der Waals surface area contributed by atoms with Gasteiger partial charge in [-0.2, -0.15) is 16.8 Å². The van der Waals surface area contributed by atoms with Gasteiger partial charge in [0.2, 0.25) is 0 Å². The van der Waals surface area contributed by atoms with E-state index in [0.29, 0.717) is 16.8 Å². The second kappa shape index (κ2) is 12.1. The van der Waals surface area contributed by atoms with E-state index in [4.69, 9.17) is 9.97 Å². The minimum atomic E-state index is -4.21. The molecule has 8 nitrogen and oxygen atoms in total. The van der Waals surface area contributed by atoms with Crippen molar-refractivity contribution in [3.8, 4) is 33.6 Å². The number of nitrogens with zero attached hydrogens (tertiary/aromatic N) is 2. The Kier molecular flexibility index (Phi) is 7.69. The maximum absolute atomic E-state index is 11.7. The fourth-order valence-electron chi connectivity index (χ4n) is 6.72. The molecule has 50 heavy (non-hydrogen) atoms. The Morgan fingerprint density at radius 3 is 1.68 bits per heavy atom. The lowest BCUT2D eigenvalue weighted by atomic mass is 9.94. The highest BCUT2D eigenvalue weighted by Crippen LogP contribution is 2.38. The average molecular weight is 697 g/mol. The van der Waals surface area contributed by atoms with Crippen LogP contribution in [0.15, 0.2) is 133 Å². The molecule has 10 heteroatoms. The van der Waals surface area contributed by atoms with Crippen molar-refractivity contribution in [2.75, 3.05) is 0 Å². The molecule has 2 N–H and O–H groups in total. The van der Waals surface area contributed by atoms with Crippen LogP contribution in [-0.2, 0) is 31.7 Å². The number of aromatic nitrogens is 2. The van der Waals surface area contributed by atoms with Crippen LogP contribution in [0.4, 0.5) is 0 Å². The van der Waals surface area contributed by atoms with Crippen LogP contribution in [0.25, 0.3) is 77.0 Å². The zero-order valence-electron chi connectivity index (χ0n) is 26.4. The molecular weight excluding hydrogens is 669 g/mol. The molecule has 6 aromatic carbocycles. The summed E-state index contributed by atoms with van der Waals surface area (Å²) in [4.78, 5) is 10.1. The van der Waals surface area contributed by atoms with E-state index in [0.717, 1.165) is 71.3 Å². The van der Waals surface area contributed by atoms with Crippen molar-refractivity contribution in [3.05, 3.63) is 145 Å². The number of pyridine rings is 2. The summed E-state index contributed by atoms with van der Waals surface area (Å²) in [7, 11) is -8.42. The van der Waals surface area contributed by atoms with Crippen molar-refractivity contribution >= 4 is 63.6 Å². The van der Waals surface area contributed by atoms with Crippen molar-refractivity contribution in [2.24, 2.45) is 0 Å². The predicted octanol–water partition coefficient (Wildman–Crippen LogP) is 8.87. The quantitative estimate of drug-likeness (QED) is 0.125. The van der Waals surface area contributed by atoms with Gasteiger partial charge in [-0.1, -0.05) is 103 Å². The van der Waals surface area contributed by atoms with Crippen molar-refractivity contribution in [3.63, 3.8) is 0 Å². The first kappa shape index (κ1) is 31.7. The summed E-state index contributed by atoms with van der Waals surface area (Å²) in [6.45, 7) is 0. The van der Waals surface area contributed by atoms with E-state index >= 15 is 0 Å². The molecule has 0 aliphatic heterocycles. The maximum atomic E-state index is 11.7. The van der Waals surface area contributed by atoms with Gasteiger partial charge in [-0.25, -0.2) is 9.97 Å². The largest absolute Gasteiger partial charge is 0.285 e. The van der Waals surface area contributed by atoms with Crippen molar-refractivity contribution in [1.29, 1.82) is 0 Å². The number of fused-ring (bicyclic) bond motifs is 6. The third-order valence-electron chi connectivity index (χ3n) is 8.84. The fourth-order valence-corrected chi connectivity index (χ4v) is 7.92. The first-order chi connectivity index (χ1) is 24.0. The molecule has 0 amide bonds. The van der Waals surface area contributed by atoms with Gasteiger partial charge in [0.1, 0.15) is 11.5 Å². The highest BCUT2D eigenvalue weighted by Gasteiger charge is 2.17. The Hall–Kier alpha value is -5.52. The average Bonchev–Trinajstić information content (AvgIpc) is 3.09. The van der Waals surface area contributed by atoms with Gasteiger partial charge < -0.3 is 0 Å². The van der Waals surface area contributed by atoms with Gasteiger partial charge in [-0.15, -0.1) is 0 Å². The monoisotopic (exact) mass is 696 g/mol. The predicted molar refractivity (Wildman–Crippen MR) is 199 cm³/mol. The normalized spacial score (nSPS) is 12.3. The van der Waals surface area contributed by atoms with Gasteiger partial charge in [0.25, 0.3) is 20.2 Å². The zero-order chi connectivity index (χ0) is 34.6. The number of hydrogen-bond donors (Lipinski definition) is 2. The summed E-state index contributed by atoms with van der Waals surface area (Å²) in [5, 5.41) is 5.18. The number of hydrogen-bond acceptors (Lipinski definition) is 6. The lowest BCUT2D eigenvalue weighted by molar-refractivity contribution is 0.479. The van der Waals surface area contributed by atoms with Crippen LogP contribution in [0.3, 0.4) is 0 Å². The smallest absolute Gasteiger partial charge is 0.269 e. The van der Waals surface area contributed by atoms with E-state index < -0.39 is 31.7 Å². The van der Waals surface area contributed by atoms with Gasteiger partial charge in [0.05, 0.1) is 22.4 Å². The van der Waals surface area contributed by atoms with Crippen LogP contribution in [0, 0.1) is 0 Å². The van der Waals surface area contributed by atoms with Crippen LogP contribution in [0.2, 0.25) is 0 Å². The molecule has 0 spiro atoms. The number of rotatable bonds is 7.